The number of esters is 1. The van der Waals surface area contributed by atoms with E-state index >= 15 is 0 Å². The highest BCUT2D eigenvalue weighted by atomic mass is 19.4. The molecule has 0 bridgehead atoms. The molecule has 2 rings (SSSR count). The first kappa shape index (κ1) is 20.9. The predicted molar refractivity (Wildman–Crippen MR) is 92.8 cm³/mol. The molecule has 0 saturated carbocycles. The summed E-state index contributed by atoms with van der Waals surface area (Å²) < 4.78 is 44.5. The van der Waals surface area contributed by atoms with E-state index in [1.807, 2.05) is 5.32 Å². The third-order valence-corrected chi connectivity index (χ3v) is 3.80. The zero-order valence-electron chi connectivity index (χ0n) is 14.7. The molecule has 1 N–H and O–H groups in total. The van der Waals surface area contributed by atoms with E-state index in [1.54, 1.807) is 25.1 Å². The van der Waals surface area contributed by atoms with Crippen molar-refractivity contribution in [2.75, 3.05) is 5.32 Å². The van der Waals surface area contributed by atoms with E-state index in [-0.39, 0.29) is 5.56 Å². The van der Waals surface area contributed by atoms with Gasteiger partial charge in [-0.2, -0.15) is 13.2 Å². The van der Waals surface area contributed by atoms with E-state index in [0.29, 0.717) is 11.6 Å². The first-order valence-electron chi connectivity index (χ1n) is 7.94. The molecule has 0 saturated heterocycles. The quantitative estimate of drug-likeness (QED) is 0.466. The minimum absolute atomic E-state index is 0.216. The molecule has 0 aliphatic carbocycles. The average Bonchev–Trinajstić information content (AvgIpc) is 2.61. The van der Waals surface area contributed by atoms with Gasteiger partial charge in [-0.15, -0.1) is 0 Å². The van der Waals surface area contributed by atoms with Crippen LogP contribution in [0.5, 0.6) is 0 Å². The summed E-state index contributed by atoms with van der Waals surface area (Å²) in [4.78, 5) is 34.0. The largest absolute Gasteiger partial charge is 0.449 e. The van der Waals surface area contributed by atoms with Gasteiger partial charge in [0.05, 0.1) is 21.7 Å². The number of benzene rings is 2. The number of hydrogen-bond acceptors (Lipinski definition) is 5. The van der Waals surface area contributed by atoms with Crippen LogP contribution in [0.1, 0.15) is 28.4 Å². The lowest BCUT2D eigenvalue weighted by molar-refractivity contribution is -0.385. The number of aryl methyl sites for hydroxylation is 1. The summed E-state index contributed by atoms with van der Waals surface area (Å²) >= 11 is 0. The van der Waals surface area contributed by atoms with Gasteiger partial charge in [-0.05, 0) is 31.5 Å². The Morgan fingerprint density at radius 2 is 1.82 bits per heavy atom. The number of carbonyl (C=O) groups excluding carboxylic acids is 2. The molecule has 7 nitrogen and oxygen atoms in total. The summed E-state index contributed by atoms with van der Waals surface area (Å²) in [5, 5.41) is 12.7. The molecule has 0 radical (unpaired) electrons. The summed E-state index contributed by atoms with van der Waals surface area (Å²) in [7, 11) is 0. The normalized spacial score (nSPS) is 12.2. The summed E-state index contributed by atoms with van der Waals surface area (Å²) in [6.07, 6.45) is -6.33. The SMILES string of the molecule is Cc1ccccc1C(=O)OC(C)C(=O)Nc1ccc([N+](=O)[O-])cc1C(F)(F)F. The van der Waals surface area contributed by atoms with Crippen LogP contribution >= 0.6 is 0 Å². The van der Waals surface area contributed by atoms with Gasteiger partial charge in [-0.25, -0.2) is 4.79 Å². The number of anilines is 1. The standard InChI is InChI=1S/C18H15F3N2O5/c1-10-5-3-4-6-13(10)17(25)28-11(2)16(24)22-15-8-7-12(23(26)27)9-14(15)18(19,20)21/h3-9,11H,1-2H3,(H,22,24). The smallest absolute Gasteiger partial charge is 0.418 e. The maximum absolute atomic E-state index is 13.2. The second-order valence-electron chi connectivity index (χ2n) is 5.84. The molecule has 2 aromatic carbocycles. The number of hydrogen-bond donors (Lipinski definition) is 1. The first-order valence-corrected chi connectivity index (χ1v) is 7.94. The lowest BCUT2D eigenvalue weighted by Crippen LogP contribution is -2.31. The predicted octanol–water partition coefficient (Wildman–Crippen LogP) is 4.11. The fourth-order valence-electron chi connectivity index (χ4n) is 2.30. The monoisotopic (exact) mass is 396 g/mol. The van der Waals surface area contributed by atoms with Crippen molar-refractivity contribution in [3.63, 3.8) is 0 Å². The Labute approximate surface area is 157 Å². The number of halogens is 3. The van der Waals surface area contributed by atoms with Gasteiger partial charge < -0.3 is 10.1 Å². The van der Waals surface area contributed by atoms with Crippen LogP contribution in [0.4, 0.5) is 24.5 Å². The van der Waals surface area contributed by atoms with Crippen molar-refractivity contribution in [2.45, 2.75) is 26.1 Å². The molecular formula is C18H15F3N2O5. The maximum Gasteiger partial charge on any atom is 0.418 e. The van der Waals surface area contributed by atoms with Crippen LogP contribution in [0.3, 0.4) is 0 Å². The molecule has 2 aromatic rings. The molecule has 0 aliphatic rings. The van der Waals surface area contributed by atoms with Gasteiger partial charge in [0.25, 0.3) is 11.6 Å². The number of ether oxygens (including phenoxy) is 1. The third-order valence-electron chi connectivity index (χ3n) is 3.80. The van der Waals surface area contributed by atoms with Crippen LogP contribution in [0, 0.1) is 17.0 Å². The number of nitrogens with one attached hydrogen (secondary N) is 1. The Bertz CT molecular complexity index is 928. The summed E-state index contributed by atoms with van der Waals surface area (Å²) in [5.41, 5.74) is -2.01. The highest BCUT2D eigenvalue weighted by molar-refractivity contribution is 5.98. The summed E-state index contributed by atoms with van der Waals surface area (Å²) in [6, 6.07) is 8.37. The van der Waals surface area contributed by atoms with E-state index in [4.69, 9.17) is 4.74 Å². The van der Waals surface area contributed by atoms with Gasteiger partial charge >= 0.3 is 12.1 Å². The Morgan fingerprint density at radius 1 is 1.18 bits per heavy atom. The molecule has 1 atom stereocenters. The van der Waals surface area contributed by atoms with Crippen molar-refractivity contribution in [2.24, 2.45) is 0 Å². The lowest BCUT2D eigenvalue weighted by Gasteiger charge is -2.17. The molecule has 0 heterocycles. The number of rotatable bonds is 5. The zero-order chi connectivity index (χ0) is 21.1. The second-order valence-corrected chi connectivity index (χ2v) is 5.84. The maximum atomic E-state index is 13.2. The molecule has 0 fully saturated rings. The van der Waals surface area contributed by atoms with Crippen molar-refractivity contribution < 1.29 is 32.4 Å². The fraction of sp³-hybridized carbons (Fsp3) is 0.222. The molecule has 1 unspecified atom stereocenters. The Balaban J connectivity index is 2.19. The van der Waals surface area contributed by atoms with Gasteiger partial charge in [-0.3, -0.25) is 14.9 Å². The van der Waals surface area contributed by atoms with Crippen LogP contribution in [0.2, 0.25) is 0 Å². The van der Waals surface area contributed by atoms with E-state index in [0.717, 1.165) is 12.1 Å². The van der Waals surface area contributed by atoms with Crippen LogP contribution in [0.15, 0.2) is 42.5 Å². The minimum atomic E-state index is -4.93. The van der Waals surface area contributed by atoms with Crippen molar-refractivity contribution in [1.82, 2.24) is 0 Å². The van der Waals surface area contributed by atoms with E-state index in [2.05, 4.69) is 0 Å². The second kappa shape index (κ2) is 8.07. The first-order chi connectivity index (χ1) is 13.0. The van der Waals surface area contributed by atoms with E-state index < -0.39 is 46.0 Å². The molecule has 1 amide bonds. The number of alkyl halides is 3. The Hall–Kier alpha value is -3.43. The molecule has 10 heteroatoms. The number of non-ortho nitro benzene ring substituents is 1. The minimum Gasteiger partial charge on any atom is -0.449 e. The molecule has 28 heavy (non-hydrogen) atoms. The zero-order valence-corrected chi connectivity index (χ0v) is 14.7. The van der Waals surface area contributed by atoms with Crippen molar-refractivity contribution in [3.05, 3.63) is 69.3 Å². The fourth-order valence-corrected chi connectivity index (χ4v) is 2.30. The van der Waals surface area contributed by atoms with Gasteiger partial charge in [-0.1, -0.05) is 18.2 Å². The van der Waals surface area contributed by atoms with Crippen LogP contribution in [0.25, 0.3) is 0 Å². The number of carbonyl (C=O) groups is 2. The van der Waals surface area contributed by atoms with Gasteiger partial charge in [0.2, 0.25) is 0 Å². The summed E-state index contributed by atoms with van der Waals surface area (Å²) in [6.45, 7) is 2.86. The van der Waals surface area contributed by atoms with Crippen LogP contribution in [-0.4, -0.2) is 22.9 Å². The van der Waals surface area contributed by atoms with E-state index in [1.165, 1.54) is 13.0 Å². The van der Waals surface area contributed by atoms with E-state index in [9.17, 15) is 32.9 Å². The highest BCUT2D eigenvalue weighted by Crippen LogP contribution is 2.37. The van der Waals surface area contributed by atoms with Crippen molar-refractivity contribution in [3.8, 4) is 0 Å². The molecule has 0 aromatic heterocycles. The van der Waals surface area contributed by atoms with Crippen LogP contribution in [-0.2, 0) is 15.7 Å². The van der Waals surface area contributed by atoms with Crippen molar-refractivity contribution in [1.29, 1.82) is 0 Å². The molecular weight excluding hydrogens is 381 g/mol. The van der Waals surface area contributed by atoms with Gasteiger partial charge in [0.1, 0.15) is 0 Å². The Morgan fingerprint density at radius 3 is 2.39 bits per heavy atom. The Kier molecular flexibility index (Phi) is 6.02. The third kappa shape index (κ3) is 4.84. The summed E-state index contributed by atoms with van der Waals surface area (Å²) in [5.74, 6) is -1.82. The number of amides is 1. The van der Waals surface area contributed by atoms with Gasteiger partial charge in [0.15, 0.2) is 6.10 Å². The molecule has 0 aliphatic heterocycles. The highest BCUT2D eigenvalue weighted by Gasteiger charge is 2.36. The number of nitrogens with zero attached hydrogens (tertiary/aromatic N) is 1. The number of nitro groups is 1. The molecule has 0 spiro atoms. The van der Waals surface area contributed by atoms with Crippen LogP contribution < -0.4 is 5.32 Å². The van der Waals surface area contributed by atoms with Crippen molar-refractivity contribution >= 4 is 23.3 Å². The molecule has 148 valence electrons. The van der Waals surface area contributed by atoms with Gasteiger partial charge in [0, 0.05) is 12.1 Å². The lowest BCUT2D eigenvalue weighted by atomic mass is 10.1. The average molecular weight is 396 g/mol. The number of nitro benzene ring substituents is 1. The topological polar surface area (TPSA) is 98.5 Å².